The number of aliphatic hydroxyl groups excluding tert-OH is 1. The van der Waals surface area contributed by atoms with Gasteiger partial charge in [0.15, 0.2) is 0 Å². The second kappa shape index (κ2) is 9.26. The SMILES string of the molecule is CC(C)C(O)CC(=O)NCCOCc1ccc(Cl)cc1Cl. The van der Waals surface area contributed by atoms with Gasteiger partial charge in [0.05, 0.1) is 25.7 Å². The van der Waals surface area contributed by atoms with Gasteiger partial charge >= 0.3 is 0 Å². The highest BCUT2D eigenvalue weighted by Crippen LogP contribution is 2.21. The molecule has 0 aliphatic heterocycles. The lowest BCUT2D eigenvalue weighted by molar-refractivity contribution is -0.123. The summed E-state index contributed by atoms with van der Waals surface area (Å²) in [5, 5.41) is 13.4. The Morgan fingerprint density at radius 1 is 1.38 bits per heavy atom. The molecule has 1 amide bonds. The average Bonchev–Trinajstić information content (AvgIpc) is 2.40. The van der Waals surface area contributed by atoms with Crippen molar-refractivity contribution in [1.29, 1.82) is 0 Å². The molecule has 1 unspecified atom stereocenters. The number of hydrogen-bond donors (Lipinski definition) is 2. The van der Waals surface area contributed by atoms with Crippen molar-refractivity contribution in [2.45, 2.75) is 33.0 Å². The van der Waals surface area contributed by atoms with Gasteiger partial charge in [-0.2, -0.15) is 0 Å². The van der Waals surface area contributed by atoms with Gasteiger partial charge in [-0.1, -0.05) is 43.1 Å². The summed E-state index contributed by atoms with van der Waals surface area (Å²) in [5.74, 6) is -0.108. The molecule has 118 valence electrons. The van der Waals surface area contributed by atoms with Crippen molar-refractivity contribution >= 4 is 29.1 Å². The maximum atomic E-state index is 11.5. The number of halogens is 2. The largest absolute Gasteiger partial charge is 0.392 e. The van der Waals surface area contributed by atoms with Crippen LogP contribution in [0, 0.1) is 5.92 Å². The van der Waals surface area contributed by atoms with Crippen molar-refractivity contribution in [2.75, 3.05) is 13.2 Å². The molecule has 0 aliphatic rings. The Bertz CT molecular complexity index is 466. The summed E-state index contributed by atoms with van der Waals surface area (Å²) in [4.78, 5) is 11.5. The summed E-state index contributed by atoms with van der Waals surface area (Å²) >= 11 is 11.8. The monoisotopic (exact) mass is 333 g/mol. The van der Waals surface area contributed by atoms with Gasteiger partial charge in [-0.15, -0.1) is 0 Å². The number of hydrogen-bond acceptors (Lipinski definition) is 3. The van der Waals surface area contributed by atoms with Crippen molar-refractivity contribution < 1.29 is 14.6 Å². The van der Waals surface area contributed by atoms with Crippen LogP contribution >= 0.6 is 23.2 Å². The van der Waals surface area contributed by atoms with Crippen molar-refractivity contribution in [3.05, 3.63) is 33.8 Å². The fourth-order valence-corrected chi connectivity index (χ4v) is 2.04. The number of carbonyl (C=O) groups excluding carboxylic acids is 1. The van der Waals surface area contributed by atoms with Gasteiger partial charge in [0.25, 0.3) is 0 Å². The van der Waals surface area contributed by atoms with Crippen LogP contribution in [0.1, 0.15) is 25.8 Å². The maximum Gasteiger partial charge on any atom is 0.222 e. The van der Waals surface area contributed by atoms with E-state index < -0.39 is 6.10 Å². The van der Waals surface area contributed by atoms with Crippen LogP contribution in [-0.4, -0.2) is 30.3 Å². The molecule has 0 spiro atoms. The van der Waals surface area contributed by atoms with Crippen LogP contribution in [0.5, 0.6) is 0 Å². The summed E-state index contributed by atoms with van der Waals surface area (Å²) in [7, 11) is 0. The van der Waals surface area contributed by atoms with E-state index in [0.29, 0.717) is 29.8 Å². The average molecular weight is 334 g/mol. The van der Waals surface area contributed by atoms with Gasteiger partial charge in [0, 0.05) is 16.6 Å². The topological polar surface area (TPSA) is 58.6 Å². The molecule has 0 aromatic heterocycles. The predicted molar refractivity (Wildman–Crippen MR) is 84.6 cm³/mol. The van der Waals surface area contributed by atoms with Gasteiger partial charge < -0.3 is 15.2 Å². The molecule has 0 heterocycles. The molecule has 0 fully saturated rings. The number of benzene rings is 1. The lowest BCUT2D eigenvalue weighted by Crippen LogP contribution is -2.31. The van der Waals surface area contributed by atoms with Gasteiger partial charge in [-0.05, 0) is 23.6 Å². The molecule has 6 heteroatoms. The van der Waals surface area contributed by atoms with Crippen LogP contribution in [0.2, 0.25) is 10.0 Å². The highest BCUT2D eigenvalue weighted by Gasteiger charge is 2.13. The second-order valence-electron chi connectivity index (χ2n) is 5.15. The first-order valence-electron chi connectivity index (χ1n) is 6.86. The molecule has 0 aliphatic carbocycles. The van der Waals surface area contributed by atoms with E-state index >= 15 is 0 Å². The third-order valence-corrected chi connectivity index (χ3v) is 3.59. The van der Waals surface area contributed by atoms with Gasteiger partial charge in [0.1, 0.15) is 0 Å². The van der Waals surface area contributed by atoms with Crippen molar-refractivity contribution in [2.24, 2.45) is 5.92 Å². The van der Waals surface area contributed by atoms with E-state index in [4.69, 9.17) is 27.9 Å². The molecule has 21 heavy (non-hydrogen) atoms. The number of amides is 1. The quantitative estimate of drug-likeness (QED) is 0.719. The maximum absolute atomic E-state index is 11.5. The van der Waals surface area contributed by atoms with E-state index in [1.807, 2.05) is 19.9 Å². The van der Waals surface area contributed by atoms with Crippen molar-refractivity contribution in [3.63, 3.8) is 0 Å². The molecule has 1 atom stereocenters. The Hall–Kier alpha value is -0.810. The van der Waals surface area contributed by atoms with Crippen LogP contribution in [0.15, 0.2) is 18.2 Å². The van der Waals surface area contributed by atoms with E-state index in [-0.39, 0.29) is 18.2 Å². The highest BCUT2D eigenvalue weighted by molar-refractivity contribution is 6.35. The van der Waals surface area contributed by atoms with Gasteiger partial charge in [-0.25, -0.2) is 0 Å². The van der Waals surface area contributed by atoms with E-state index in [1.54, 1.807) is 12.1 Å². The third-order valence-electron chi connectivity index (χ3n) is 3.01. The lowest BCUT2D eigenvalue weighted by atomic mass is 10.0. The normalized spacial score (nSPS) is 12.5. The predicted octanol–water partition coefficient (Wildman–Crippen LogP) is 3.03. The molecule has 0 radical (unpaired) electrons. The zero-order valence-corrected chi connectivity index (χ0v) is 13.7. The number of rotatable bonds is 8. The molecule has 2 N–H and O–H groups in total. The first-order chi connectivity index (χ1) is 9.90. The minimum absolute atomic E-state index is 0.0686. The molecular weight excluding hydrogens is 313 g/mol. The third kappa shape index (κ3) is 7.14. The fraction of sp³-hybridized carbons (Fsp3) is 0.533. The molecule has 1 aromatic rings. The summed E-state index contributed by atoms with van der Waals surface area (Å²) in [6.07, 6.45) is -0.500. The Morgan fingerprint density at radius 3 is 2.71 bits per heavy atom. The van der Waals surface area contributed by atoms with Crippen LogP contribution in [0.4, 0.5) is 0 Å². The Balaban J connectivity index is 2.18. The summed E-state index contributed by atoms with van der Waals surface area (Å²) in [6.45, 7) is 4.88. The van der Waals surface area contributed by atoms with Gasteiger partial charge in [0.2, 0.25) is 5.91 Å². The first kappa shape index (κ1) is 18.2. The fourth-order valence-electron chi connectivity index (χ4n) is 1.58. The van der Waals surface area contributed by atoms with Gasteiger partial charge in [-0.3, -0.25) is 4.79 Å². The number of aliphatic hydroxyl groups is 1. The molecule has 4 nitrogen and oxygen atoms in total. The zero-order valence-electron chi connectivity index (χ0n) is 12.2. The summed E-state index contributed by atoms with van der Waals surface area (Å²) in [5.41, 5.74) is 0.850. The summed E-state index contributed by atoms with van der Waals surface area (Å²) < 4.78 is 5.44. The van der Waals surface area contributed by atoms with E-state index in [9.17, 15) is 9.90 Å². The zero-order chi connectivity index (χ0) is 15.8. The Labute approximate surface area is 135 Å². The van der Waals surface area contributed by atoms with E-state index in [0.717, 1.165) is 5.56 Å². The summed E-state index contributed by atoms with van der Waals surface area (Å²) in [6, 6.07) is 5.22. The highest BCUT2D eigenvalue weighted by atomic mass is 35.5. The lowest BCUT2D eigenvalue weighted by Gasteiger charge is -2.14. The van der Waals surface area contributed by atoms with Crippen molar-refractivity contribution in [3.8, 4) is 0 Å². The van der Waals surface area contributed by atoms with E-state index in [1.165, 1.54) is 0 Å². The Kier molecular flexibility index (Phi) is 8.04. The smallest absolute Gasteiger partial charge is 0.222 e. The van der Waals surface area contributed by atoms with Crippen LogP contribution in [-0.2, 0) is 16.1 Å². The number of nitrogens with one attached hydrogen (secondary N) is 1. The number of ether oxygens (including phenoxy) is 1. The molecule has 1 aromatic carbocycles. The second-order valence-corrected chi connectivity index (χ2v) is 6.00. The Morgan fingerprint density at radius 2 is 2.10 bits per heavy atom. The minimum Gasteiger partial charge on any atom is -0.392 e. The standard InChI is InChI=1S/C15H21Cl2NO3/c1-10(2)14(19)8-15(20)18-5-6-21-9-11-3-4-12(16)7-13(11)17/h3-4,7,10,14,19H,5-6,8-9H2,1-2H3,(H,18,20). The van der Waals surface area contributed by atoms with E-state index in [2.05, 4.69) is 5.32 Å². The van der Waals surface area contributed by atoms with Crippen LogP contribution in [0.25, 0.3) is 0 Å². The van der Waals surface area contributed by atoms with Crippen LogP contribution in [0.3, 0.4) is 0 Å². The van der Waals surface area contributed by atoms with Crippen molar-refractivity contribution in [1.82, 2.24) is 5.32 Å². The van der Waals surface area contributed by atoms with Crippen LogP contribution < -0.4 is 5.32 Å². The molecule has 1 rings (SSSR count). The number of carbonyl (C=O) groups is 1. The molecule has 0 bridgehead atoms. The molecular formula is C15H21Cl2NO3. The minimum atomic E-state index is -0.612. The molecule has 0 saturated carbocycles. The first-order valence-corrected chi connectivity index (χ1v) is 7.62. The molecule has 0 saturated heterocycles.